The third-order valence-electron chi connectivity index (χ3n) is 6.10. The Bertz CT molecular complexity index is 1360. The van der Waals surface area contributed by atoms with E-state index >= 15 is 0 Å². The van der Waals surface area contributed by atoms with Crippen molar-refractivity contribution in [2.75, 3.05) is 37.6 Å². The summed E-state index contributed by atoms with van der Waals surface area (Å²) in [5.74, 6) is -0.506. The lowest BCUT2D eigenvalue weighted by Crippen LogP contribution is -2.46. The maximum atomic E-state index is 12.4. The number of aromatic amines is 1. The molecule has 0 unspecified atom stereocenters. The van der Waals surface area contributed by atoms with Crippen LogP contribution in [0.1, 0.15) is 54.1 Å². The van der Waals surface area contributed by atoms with Crippen molar-refractivity contribution in [3.63, 3.8) is 0 Å². The van der Waals surface area contributed by atoms with Crippen LogP contribution >= 0.6 is 0 Å². The Morgan fingerprint density at radius 1 is 1.22 bits per heavy atom. The summed E-state index contributed by atoms with van der Waals surface area (Å²) in [4.78, 5) is 40.8. The highest BCUT2D eigenvalue weighted by atomic mass is 16.1. The van der Waals surface area contributed by atoms with Gasteiger partial charge in [0.2, 0.25) is 0 Å². The first-order valence-electron chi connectivity index (χ1n) is 13.3. The molecule has 3 aromatic rings. The molecule has 8 heteroatoms. The van der Waals surface area contributed by atoms with E-state index in [2.05, 4.69) is 24.8 Å². The predicted octanol–water partition coefficient (Wildman–Crippen LogP) is 2.27. The fourth-order valence-electron chi connectivity index (χ4n) is 4.18. The van der Waals surface area contributed by atoms with E-state index in [9.17, 15) is 9.59 Å². The summed E-state index contributed by atoms with van der Waals surface area (Å²) in [7, 11) is 0. The lowest BCUT2D eigenvalue weighted by molar-refractivity contribution is 0.0951. The third-order valence-corrected chi connectivity index (χ3v) is 6.10. The van der Waals surface area contributed by atoms with Gasteiger partial charge in [0.1, 0.15) is 5.69 Å². The number of aromatic nitrogens is 3. The Morgan fingerprint density at radius 2 is 2.06 bits per heavy atom. The molecular weight excluding hydrogens is 404 g/mol. The molecule has 0 spiro atoms. The number of hydrogen-bond acceptors (Lipinski definition) is 6. The van der Waals surface area contributed by atoms with Gasteiger partial charge in [-0.05, 0) is 55.4 Å². The van der Waals surface area contributed by atoms with Gasteiger partial charge >= 0.3 is 0 Å². The quantitative estimate of drug-likeness (QED) is 0.614. The minimum absolute atomic E-state index is 0.0179. The summed E-state index contributed by atoms with van der Waals surface area (Å²) < 4.78 is 36.7. The highest BCUT2D eigenvalue weighted by Crippen LogP contribution is 2.38. The molecule has 1 amide bonds. The first kappa shape index (κ1) is 15.5. The molecule has 0 bridgehead atoms. The van der Waals surface area contributed by atoms with Gasteiger partial charge in [-0.15, -0.1) is 0 Å². The number of amides is 1. The summed E-state index contributed by atoms with van der Waals surface area (Å²) in [6.45, 7) is -2.02. The number of fused-ring (bicyclic) bond motifs is 1. The molecule has 0 radical (unpaired) electrons. The molecule has 1 aliphatic carbocycles. The third kappa shape index (κ3) is 4.36. The lowest BCUT2D eigenvalue weighted by atomic mass is 10.1. The topological polar surface area (TPSA) is 94.2 Å². The van der Waals surface area contributed by atoms with E-state index in [1.807, 2.05) is 23.6 Å². The average Bonchev–Trinajstić information content (AvgIpc) is 3.69. The van der Waals surface area contributed by atoms with Crippen molar-refractivity contribution in [3.05, 3.63) is 63.8 Å². The molecule has 0 aromatic carbocycles. The van der Waals surface area contributed by atoms with E-state index in [1.54, 1.807) is 6.07 Å². The van der Waals surface area contributed by atoms with Gasteiger partial charge in [-0.3, -0.25) is 19.5 Å². The molecule has 32 heavy (non-hydrogen) atoms. The summed E-state index contributed by atoms with van der Waals surface area (Å²) >= 11 is 0. The zero-order valence-corrected chi connectivity index (χ0v) is 17.6. The number of nitrogens with zero attached hydrogens (tertiary/aromatic N) is 4. The normalized spacial score (nSPS) is 20.1. The van der Waals surface area contributed by atoms with Crippen LogP contribution in [0.4, 0.5) is 5.69 Å². The molecule has 2 aliphatic rings. The van der Waals surface area contributed by atoms with Gasteiger partial charge in [0.25, 0.3) is 11.5 Å². The van der Waals surface area contributed by atoms with Crippen LogP contribution in [0, 0.1) is 0 Å². The number of hydrogen-bond donors (Lipinski definition) is 2. The molecule has 5 rings (SSSR count). The summed E-state index contributed by atoms with van der Waals surface area (Å²) in [6, 6.07) is 7.10. The van der Waals surface area contributed by atoms with Gasteiger partial charge in [0, 0.05) is 57.8 Å². The Hall–Kier alpha value is -3.26. The van der Waals surface area contributed by atoms with Crippen LogP contribution in [0.5, 0.6) is 0 Å². The van der Waals surface area contributed by atoms with Gasteiger partial charge in [0.15, 0.2) is 0 Å². The number of carbonyl (C=O) groups is 1. The maximum Gasteiger partial charge on any atom is 0.269 e. The molecule has 3 aromatic heterocycles. The molecule has 1 saturated carbocycles. The summed E-state index contributed by atoms with van der Waals surface area (Å²) in [5, 5.41) is 1.89. The van der Waals surface area contributed by atoms with Crippen molar-refractivity contribution in [2.45, 2.75) is 32.2 Å². The Morgan fingerprint density at radius 3 is 2.78 bits per heavy atom. The van der Waals surface area contributed by atoms with Crippen LogP contribution < -0.4 is 15.8 Å². The van der Waals surface area contributed by atoms with Gasteiger partial charge < -0.3 is 15.2 Å². The highest BCUT2D eigenvalue weighted by Gasteiger charge is 2.26. The minimum atomic E-state index is -2.98. The van der Waals surface area contributed by atoms with Crippen molar-refractivity contribution in [1.82, 2.24) is 25.2 Å². The largest absolute Gasteiger partial charge is 0.368 e. The molecule has 2 N–H and O–H groups in total. The second-order valence-corrected chi connectivity index (χ2v) is 8.35. The monoisotopic (exact) mass is 437 g/mol. The van der Waals surface area contributed by atoms with Crippen molar-refractivity contribution >= 4 is 22.6 Å². The van der Waals surface area contributed by atoms with Crippen molar-refractivity contribution in [2.24, 2.45) is 0 Å². The summed E-state index contributed by atoms with van der Waals surface area (Å²) in [6.07, 6.45) is 5.54. The van der Waals surface area contributed by atoms with E-state index in [0.29, 0.717) is 12.5 Å². The Kier molecular flexibility index (Phi) is 4.22. The zero-order valence-electron chi connectivity index (χ0n) is 22.6. The lowest BCUT2D eigenvalue weighted by Gasteiger charge is -2.36. The van der Waals surface area contributed by atoms with Crippen LogP contribution in [-0.2, 0) is 6.54 Å². The molecule has 4 heterocycles. The molecule has 1 aliphatic heterocycles. The van der Waals surface area contributed by atoms with E-state index in [0.717, 1.165) is 66.9 Å². The number of pyridine rings is 3. The number of nitrogens with one attached hydrogen (secondary N) is 2. The van der Waals surface area contributed by atoms with Crippen molar-refractivity contribution in [1.29, 1.82) is 0 Å². The maximum absolute atomic E-state index is 12.4. The zero-order chi connectivity index (χ0) is 26.4. The molecule has 1 saturated heterocycles. The van der Waals surface area contributed by atoms with Crippen LogP contribution in [0.25, 0.3) is 11.0 Å². The fraction of sp³-hybridized carbons (Fsp3) is 0.417. The number of carbonyl (C=O) groups excluding carboxylic acids is 1. The Balaban J connectivity index is 1.17. The predicted molar refractivity (Wildman–Crippen MR) is 124 cm³/mol. The number of rotatable bonds is 6. The minimum Gasteiger partial charge on any atom is -0.368 e. The van der Waals surface area contributed by atoms with Crippen molar-refractivity contribution < 1.29 is 11.6 Å². The Labute approximate surface area is 193 Å². The second-order valence-electron chi connectivity index (χ2n) is 8.35. The first-order chi connectivity index (χ1) is 17.5. The van der Waals surface area contributed by atoms with Gasteiger partial charge in [-0.1, -0.05) is 0 Å². The van der Waals surface area contributed by atoms with Crippen LogP contribution in [0.2, 0.25) is 0 Å². The van der Waals surface area contributed by atoms with Crippen LogP contribution in [-0.4, -0.2) is 58.4 Å². The molecular formula is C24H28N6O2. The van der Waals surface area contributed by atoms with E-state index in [-0.39, 0.29) is 11.3 Å². The van der Waals surface area contributed by atoms with Crippen LogP contribution in [0.15, 0.2) is 41.5 Å². The van der Waals surface area contributed by atoms with Gasteiger partial charge in [0.05, 0.1) is 22.9 Å². The van der Waals surface area contributed by atoms with Crippen molar-refractivity contribution in [3.8, 4) is 0 Å². The second kappa shape index (κ2) is 8.70. The number of H-pyrrole nitrogens is 1. The van der Waals surface area contributed by atoms with E-state index in [1.165, 1.54) is 12.3 Å². The molecule has 8 nitrogen and oxygen atoms in total. The molecule has 2 fully saturated rings. The van der Waals surface area contributed by atoms with Gasteiger partial charge in [-0.25, -0.2) is 4.98 Å². The number of piperazine rings is 1. The first-order valence-corrected chi connectivity index (χ1v) is 10.8. The molecule has 166 valence electrons. The van der Waals surface area contributed by atoms with Crippen LogP contribution in [0.3, 0.4) is 0 Å². The SMILES string of the molecule is [2H]C([2H])([2H])C([2H])([2H])NC(=O)c1ccc(N2CCN(Cc3cnc4cc(C5CC5)c(=O)[nH]c4c3)CC2)cn1. The fourth-order valence-corrected chi connectivity index (χ4v) is 4.18. The summed E-state index contributed by atoms with van der Waals surface area (Å²) in [5.41, 5.74) is 4.19. The molecule has 0 atom stereocenters. The standard InChI is InChI=1S/C24H28N6O2/c1-2-25-24(32)20-6-5-18(14-27-20)30-9-7-29(8-10-30)15-16-11-22-21(26-13-16)12-19(17-3-4-17)23(31)28-22/h5-6,11-14,17H,2-4,7-10,15H2,1H3,(H,25,32)(H,28,31)/i1D3,2D2. The van der Waals surface area contributed by atoms with E-state index in [4.69, 9.17) is 6.85 Å². The highest BCUT2D eigenvalue weighted by molar-refractivity contribution is 5.92. The van der Waals surface area contributed by atoms with E-state index < -0.39 is 19.3 Å². The van der Waals surface area contributed by atoms with Gasteiger partial charge in [-0.2, -0.15) is 0 Å². The number of anilines is 1. The average molecular weight is 438 g/mol. The smallest absolute Gasteiger partial charge is 0.269 e.